The predicted molar refractivity (Wildman–Crippen MR) is 76.6 cm³/mol. The van der Waals surface area contributed by atoms with Gasteiger partial charge in [0, 0.05) is 0 Å². The minimum absolute atomic E-state index is 0.166. The van der Waals surface area contributed by atoms with Crippen molar-refractivity contribution in [3.8, 4) is 0 Å². The van der Waals surface area contributed by atoms with Crippen LogP contribution in [0.25, 0.3) is 0 Å². The van der Waals surface area contributed by atoms with Crippen molar-refractivity contribution in [1.29, 1.82) is 0 Å². The second-order valence-corrected chi connectivity index (χ2v) is 4.68. The van der Waals surface area contributed by atoms with Crippen LogP contribution in [0.15, 0.2) is 41.2 Å². The Morgan fingerprint density at radius 2 is 2.15 bits per heavy atom. The van der Waals surface area contributed by atoms with Crippen molar-refractivity contribution in [3.05, 3.63) is 48.1 Å². The summed E-state index contributed by atoms with van der Waals surface area (Å²) in [6.45, 7) is 0.184. The van der Waals surface area contributed by atoms with Gasteiger partial charge in [0.1, 0.15) is 0 Å². The summed E-state index contributed by atoms with van der Waals surface area (Å²) < 4.78 is 4.59. The number of nitrogens with two attached hydrogens (primary N) is 1. The highest BCUT2D eigenvalue weighted by Gasteiger charge is 2.21. The van der Waals surface area contributed by atoms with Crippen LogP contribution in [0.1, 0.15) is 11.4 Å². The highest BCUT2D eigenvalue weighted by Crippen LogP contribution is 2.10. The van der Waals surface area contributed by atoms with Crippen molar-refractivity contribution in [1.82, 2.24) is 15.5 Å². The quantitative estimate of drug-likeness (QED) is 0.765. The first-order valence-corrected chi connectivity index (χ1v) is 6.44. The lowest BCUT2D eigenvalue weighted by atomic mass is 9.98. The van der Waals surface area contributed by atoms with Gasteiger partial charge in [0.2, 0.25) is 12.3 Å². The fourth-order valence-corrected chi connectivity index (χ4v) is 1.92. The van der Waals surface area contributed by atoms with Gasteiger partial charge in [-0.1, -0.05) is 47.7 Å². The number of aromatic nitrogens is 2. The molecule has 0 saturated heterocycles. The van der Waals surface area contributed by atoms with E-state index < -0.39 is 5.92 Å². The topological polar surface area (TPSA) is 94.0 Å². The van der Waals surface area contributed by atoms with Gasteiger partial charge < -0.3 is 15.6 Å². The molecule has 0 aliphatic carbocycles. The van der Waals surface area contributed by atoms with E-state index in [4.69, 9.17) is 18.0 Å². The Bertz CT molecular complexity index is 571. The SMILES string of the molecule is NC(=S)C(Cc1ccccc1)C(=O)NCc1ncon1. The summed E-state index contributed by atoms with van der Waals surface area (Å²) in [6, 6.07) is 9.58. The summed E-state index contributed by atoms with van der Waals surface area (Å²) in [4.78, 5) is 16.1. The Kier molecular flexibility index (Phi) is 4.78. The molecule has 1 aromatic heterocycles. The van der Waals surface area contributed by atoms with Crippen LogP contribution in [0.4, 0.5) is 0 Å². The molecule has 0 radical (unpaired) electrons. The number of carbonyl (C=O) groups is 1. The molecule has 3 N–H and O–H groups in total. The zero-order valence-corrected chi connectivity index (χ0v) is 11.5. The monoisotopic (exact) mass is 290 g/mol. The van der Waals surface area contributed by atoms with Crippen molar-refractivity contribution in [2.45, 2.75) is 13.0 Å². The molecule has 1 atom stereocenters. The molecule has 2 aromatic rings. The molecule has 1 aromatic carbocycles. The highest BCUT2D eigenvalue weighted by atomic mass is 32.1. The number of nitrogens with zero attached hydrogens (tertiary/aromatic N) is 2. The number of rotatable bonds is 6. The van der Waals surface area contributed by atoms with Crippen molar-refractivity contribution >= 4 is 23.1 Å². The van der Waals surface area contributed by atoms with E-state index in [2.05, 4.69) is 20.0 Å². The summed E-state index contributed by atoms with van der Waals surface area (Å²) in [7, 11) is 0. The van der Waals surface area contributed by atoms with Gasteiger partial charge in [-0.3, -0.25) is 4.79 Å². The minimum atomic E-state index is -0.556. The molecule has 1 heterocycles. The number of benzene rings is 1. The van der Waals surface area contributed by atoms with Crippen LogP contribution < -0.4 is 11.1 Å². The Labute approximate surface area is 121 Å². The molecular weight excluding hydrogens is 276 g/mol. The number of hydrogen-bond acceptors (Lipinski definition) is 5. The third-order valence-electron chi connectivity index (χ3n) is 2.77. The lowest BCUT2D eigenvalue weighted by Gasteiger charge is -2.14. The maximum absolute atomic E-state index is 12.1. The third kappa shape index (κ3) is 3.86. The van der Waals surface area contributed by atoms with Gasteiger partial charge in [-0.25, -0.2) is 0 Å². The summed E-state index contributed by atoms with van der Waals surface area (Å²) >= 11 is 4.97. The molecule has 0 spiro atoms. The molecule has 0 saturated carbocycles. The van der Waals surface area contributed by atoms with Crippen molar-refractivity contribution in [2.75, 3.05) is 0 Å². The van der Waals surface area contributed by atoms with Gasteiger partial charge in [-0.2, -0.15) is 4.98 Å². The van der Waals surface area contributed by atoms with E-state index in [0.29, 0.717) is 12.2 Å². The molecule has 0 fully saturated rings. The average molecular weight is 290 g/mol. The van der Waals surface area contributed by atoms with Gasteiger partial charge in [-0.15, -0.1) is 0 Å². The Morgan fingerprint density at radius 3 is 2.75 bits per heavy atom. The second-order valence-electron chi connectivity index (χ2n) is 4.21. The minimum Gasteiger partial charge on any atom is -0.393 e. The molecule has 7 heteroatoms. The molecule has 6 nitrogen and oxygen atoms in total. The van der Waals surface area contributed by atoms with E-state index in [1.807, 2.05) is 30.3 Å². The fourth-order valence-electron chi connectivity index (χ4n) is 1.73. The molecule has 104 valence electrons. The molecule has 1 unspecified atom stereocenters. The second kappa shape index (κ2) is 6.76. The van der Waals surface area contributed by atoms with Gasteiger partial charge in [0.15, 0.2) is 5.82 Å². The van der Waals surface area contributed by atoms with Crippen LogP contribution in [0.2, 0.25) is 0 Å². The number of amides is 1. The normalized spacial score (nSPS) is 11.8. The number of carbonyl (C=O) groups excluding carboxylic acids is 1. The smallest absolute Gasteiger partial charge is 0.230 e. The standard InChI is InChI=1S/C13H14N4O2S/c14-12(20)10(6-9-4-2-1-3-5-9)13(18)15-7-11-16-8-19-17-11/h1-5,8,10H,6-7H2,(H2,14,20)(H,15,18). The first kappa shape index (κ1) is 14.1. The summed E-state index contributed by atoms with van der Waals surface area (Å²) in [5.41, 5.74) is 6.66. The zero-order chi connectivity index (χ0) is 14.4. The van der Waals surface area contributed by atoms with E-state index in [1.54, 1.807) is 0 Å². The first-order valence-electron chi connectivity index (χ1n) is 6.03. The predicted octanol–water partition coefficient (Wildman–Crippen LogP) is 0.831. The number of thiocarbonyl (C=S) groups is 1. The van der Waals surface area contributed by atoms with E-state index in [1.165, 1.54) is 6.39 Å². The van der Waals surface area contributed by atoms with Crippen molar-refractivity contribution in [2.24, 2.45) is 11.7 Å². The molecule has 0 aliphatic rings. The molecule has 0 bridgehead atoms. The van der Waals surface area contributed by atoms with Gasteiger partial charge in [0.25, 0.3) is 0 Å². The molecule has 1 amide bonds. The van der Waals surface area contributed by atoms with Crippen molar-refractivity contribution < 1.29 is 9.32 Å². The Hall–Kier alpha value is -2.28. The first-order chi connectivity index (χ1) is 9.66. The maximum atomic E-state index is 12.1. The van der Waals surface area contributed by atoms with Crippen LogP contribution >= 0.6 is 12.2 Å². The van der Waals surface area contributed by atoms with E-state index in [0.717, 1.165) is 5.56 Å². The summed E-state index contributed by atoms with van der Waals surface area (Å²) in [5, 5.41) is 6.31. The fraction of sp³-hybridized carbons (Fsp3) is 0.231. The zero-order valence-electron chi connectivity index (χ0n) is 10.7. The Morgan fingerprint density at radius 1 is 1.40 bits per heavy atom. The van der Waals surface area contributed by atoms with Gasteiger partial charge >= 0.3 is 0 Å². The number of hydrogen-bond donors (Lipinski definition) is 2. The van der Waals surface area contributed by atoms with Crippen LogP contribution in [0.3, 0.4) is 0 Å². The van der Waals surface area contributed by atoms with E-state index in [9.17, 15) is 4.79 Å². The Balaban J connectivity index is 1.97. The molecule has 0 aliphatic heterocycles. The average Bonchev–Trinajstić information content (AvgIpc) is 2.96. The summed E-state index contributed by atoms with van der Waals surface area (Å²) in [6.07, 6.45) is 1.67. The summed E-state index contributed by atoms with van der Waals surface area (Å²) in [5.74, 6) is -0.398. The molecule has 2 rings (SSSR count). The molecular formula is C13H14N4O2S. The van der Waals surface area contributed by atoms with Crippen LogP contribution in [0.5, 0.6) is 0 Å². The van der Waals surface area contributed by atoms with Crippen LogP contribution in [-0.2, 0) is 17.8 Å². The highest BCUT2D eigenvalue weighted by molar-refractivity contribution is 7.80. The lowest BCUT2D eigenvalue weighted by Crippen LogP contribution is -2.39. The van der Waals surface area contributed by atoms with Crippen LogP contribution in [-0.4, -0.2) is 21.0 Å². The lowest BCUT2D eigenvalue weighted by molar-refractivity contribution is -0.123. The molecule has 20 heavy (non-hydrogen) atoms. The van der Waals surface area contributed by atoms with E-state index >= 15 is 0 Å². The maximum Gasteiger partial charge on any atom is 0.230 e. The number of nitrogens with one attached hydrogen (secondary N) is 1. The largest absolute Gasteiger partial charge is 0.393 e. The van der Waals surface area contributed by atoms with Gasteiger partial charge in [-0.05, 0) is 12.0 Å². The van der Waals surface area contributed by atoms with Crippen LogP contribution in [0, 0.1) is 5.92 Å². The van der Waals surface area contributed by atoms with Gasteiger partial charge in [0.05, 0.1) is 17.5 Å². The third-order valence-corrected chi connectivity index (χ3v) is 3.05. The van der Waals surface area contributed by atoms with Crippen molar-refractivity contribution in [3.63, 3.8) is 0 Å². The van der Waals surface area contributed by atoms with E-state index in [-0.39, 0.29) is 17.4 Å².